The van der Waals surface area contributed by atoms with Crippen molar-refractivity contribution >= 4 is 38.0 Å². The molecule has 0 radical (unpaired) electrons. The second-order valence-electron chi connectivity index (χ2n) is 9.24. The maximum atomic E-state index is 13.2. The molecule has 1 saturated heterocycles. The number of non-ortho nitro benzene ring substituents is 1. The Labute approximate surface area is 209 Å². The van der Waals surface area contributed by atoms with Gasteiger partial charge in [0.15, 0.2) is 5.13 Å². The van der Waals surface area contributed by atoms with E-state index in [2.05, 4.69) is 22.0 Å². The second-order valence-corrected chi connectivity index (χ2v) is 10.2. The lowest BCUT2D eigenvalue weighted by Gasteiger charge is -2.42. The number of piperazine rings is 1. The van der Waals surface area contributed by atoms with Crippen molar-refractivity contribution in [2.45, 2.75) is 51.7 Å². The smallest absolute Gasteiger partial charge is 0.396 e. The van der Waals surface area contributed by atoms with Crippen molar-refractivity contribution in [1.82, 2.24) is 9.88 Å². The van der Waals surface area contributed by atoms with Crippen LogP contribution in [0.1, 0.15) is 45.1 Å². The maximum Gasteiger partial charge on any atom is 0.416 e. The molecule has 0 N–H and O–H groups in total. The zero-order valence-electron chi connectivity index (χ0n) is 20.1. The van der Waals surface area contributed by atoms with Gasteiger partial charge < -0.3 is 9.74 Å². The number of hydrogen-bond acceptors (Lipinski definition) is 9. The Hall–Kier alpha value is -2.80. The fraction of sp³-hybridized carbons (Fsp3) is 0.609. The van der Waals surface area contributed by atoms with Crippen LogP contribution in [0.15, 0.2) is 22.1 Å². The molecule has 1 aromatic heterocycles. The summed E-state index contributed by atoms with van der Waals surface area (Å²) >= 11 is 0.890. The molecule has 0 amide bonds. The minimum absolute atomic E-state index is 0.0928. The number of benzene rings is 1. The molecular weight excluding hydrogens is 499 g/mol. The molecule has 1 saturated carbocycles. The molecule has 1 aliphatic heterocycles. The summed E-state index contributed by atoms with van der Waals surface area (Å²) in [4.78, 5) is 36.8. The molecule has 1 atom stereocenters. The minimum Gasteiger partial charge on any atom is -0.396 e. The quantitative estimate of drug-likeness (QED) is 0.397. The normalized spacial score (nSPS) is 21.6. The zero-order valence-corrected chi connectivity index (χ0v) is 20.9. The zero-order chi connectivity index (χ0) is 26.0. The summed E-state index contributed by atoms with van der Waals surface area (Å²) in [6.45, 7) is 7.37. The summed E-state index contributed by atoms with van der Waals surface area (Å²) in [6, 6.07) is 1.28. The largest absolute Gasteiger partial charge is 0.416 e. The molecule has 4 rings (SSSR count). The second kappa shape index (κ2) is 10.7. The number of hydrogen-bond donors (Lipinski definition) is 0. The van der Waals surface area contributed by atoms with Crippen LogP contribution in [-0.4, -0.2) is 59.3 Å². The van der Waals surface area contributed by atoms with Gasteiger partial charge in [-0.25, -0.2) is 0 Å². The van der Waals surface area contributed by atoms with Crippen LogP contribution in [0.3, 0.4) is 0 Å². The third-order valence-corrected chi connectivity index (χ3v) is 7.91. The van der Waals surface area contributed by atoms with Gasteiger partial charge in [-0.2, -0.15) is 18.2 Å². The van der Waals surface area contributed by atoms with E-state index in [-0.39, 0.29) is 21.3 Å². The first-order valence-corrected chi connectivity index (χ1v) is 12.8. The standard InChI is InChI=1S/C23H28F3N5O4S/c1-3-35-28-17-6-4-15(5-7-17)13-29-8-9-30(12-14(29)2)22-27-21(32)18-10-16(23(24,25)26)11-19(31(33)34)20(18)36-22/h10-11,14-15H,3-9,12-13H2,1-2H3/t14-,15?/m1/s1. The minimum atomic E-state index is -4.81. The van der Waals surface area contributed by atoms with Gasteiger partial charge in [-0.3, -0.25) is 19.8 Å². The Kier molecular flexibility index (Phi) is 7.79. The van der Waals surface area contributed by atoms with Gasteiger partial charge in [0.25, 0.3) is 11.2 Å². The highest BCUT2D eigenvalue weighted by Gasteiger charge is 2.35. The molecule has 0 unspecified atom stereocenters. The third kappa shape index (κ3) is 5.77. The van der Waals surface area contributed by atoms with E-state index in [0.717, 1.165) is 55.8 Å². The number of nitrogens with zero attached hydrogens (tertiary/aromatic N) is 5. The molecule has 9 nitrogen and oxygen atoms in total. The summed E-state index contributed by atoms with van der Waals surface area (Å²) in [7, 11) is 0. The number of halogens is 3. The number of rotatable bonds is 6. The monoisotopic (exact) mass is 527 g/mol. The van der Waals surface area contributed by atoms with E-state index < -0.39 is 27.9 Å². The molecule has 1 aliphatic carbocycles. The lowest BCUT2D eigenvalue weighted by atomic mass is 9.87. The van der Waals surface area contributed by atoms with Crippen LogP contribution in [0.5, 0.6) is 0 Å². The number of fused-ring (bicyclic) bond motifs is 1. The first-order chi connectivity index (χ1) is 17.1. The topological polar surface area (TPSA) is 101 Å². The van der Waals surface area contributed by atoms with Gasteiger partial charge in [0.05, 0.1) is 21.6 Å². The van der Waals surface area contributed by atoms with Crippen molar-refractivity contribution in [2.75, 3.05) is 37.7 Å². The average molecular weight is 528 g/mol. The Morgan fingerprint density at radius 3 is 2.61 bits per heavy atom. The highest BCUT2D eigenvalue weighted by molar-refractivity contribution is 7.22. The lowest BCUT2D eigenvalue weighted by molar-refractivity contribution is -0.383. The van der Waals surface area contributed by atoms with Gasteiger partial charge in [-0.1, -0.05) is 16.5 Å². The molecule has 2 fully saturated rings. The Balaban J connectivity index is 1.48. The Morgan fingerprint density at radius 1 is 1.28 bits per heavy atom. The van der Waals surface area contributed by atoms with Gasteiger partial charge in [-0.05, 0) is 51.5 Å². The molecule has 196 valence electrons. The van der Waals surface area contributed by atoms with Crippen molar-refractivity contribution in [3.8, 4) is 0 Å². The van der Waals surface area contributed by atoms with E-state index in [9.17, 15) is 28.1 Å². The number of nitro groups is 1. The average Bonchev–Trinajstić information content (AvgIpc) is 2.83. The van der Waals surface area contributed by atoms with Crippen molar-refractivity contribution < 1.29 is 22.9 Å². The maximum absolute atomic E-state index is 13.2. The van der Waals surface area contributed by atoms with Crippen LogP contribution < -0.4 is 10.5 Å². The predicted molar refractivity (Wildman–Crippen MR) is 132 cm³/mol. The number of alkyl halides is 3. The lowest BCUT2D eigenvalue weighted by Crippen LogP contribution is -2.53. The Morgan fingerprint density at radius 2 is 2.00 bits per heavy atom. The molecule has 1 aromatic carbocycles. The van der Waals surface area contributed by atoms with Gasteiger partial charge in [0.1, 0.15) is 11.3 Å². The fourth-order valence-electron chi connectivity index (χ4n) is 4.79. The van der Waals surface area contributed by atoms with E-state index in [1.165, 1.54) is 0 Å². The van der Waals surface area contributed by atoms with E-state index >= 15 is 0 Å². The number of nitro benzene ring substituents is 1. The Bertz CT molecular complexity index is 1210. The molecular formula is C23H28F3N5O4S. The summed E-state index contributed by atoms with van der Waals surface area (Å²) in [5.74, 6) is 0.555. The van der Waals surface area contributed by atoms with Crippen molar-refractivity contribution in [3.05, 3.63) is 38.2 Å². The molecule has 2 heterocycles. The summed E-state index contributed by atoms with van der Waals surface area (Å²) in [6.07, 6.45) is -0.839. The van der Waals surface area contributed by atoms with Crippen LogP contribution in [0.25, 0.3) is 10.1 Å². The number of anilines is 1. The van der Waals surface area contributed by atoms with Gasteiger partial charge in [-0.15, -0.1) is 0 Å². The van der Waals surface area contributed by atoms with Crippen LogP contribution >= 0.6 is 11.3 Å². The SMILES string of the molecule is CCON=C1CCC(CN2CCN(c3nc(=O)c4cc(C(F)(F)F)cc([N+](=O)[O-])c4s3)C[C@H]2C)CC1. The van der Waals surface area contributed by atoms with E-state index in [1.54, 1.807) is 0 Å². The molecule has 0 bridgehead atoms. The highest BCUT2D eigenvalue weighted by atomic mass is 32.1. The number of oxime groups is 1. The molecule has 2 aromatic rings. The van der Waals surface area contributed by atoms with E-state index in [1.807, 2.05) is 11.8 Å². The van der Waals surface area contributed by atoms with Crippen molar-refractivity contribution in [1.29, 1.82) is 0 Å². The third-order valence-electron chi connectivity index (χ3n) is 6.75. The van der Waals surface area contributed by atoms with Gasteiger partial charge in [0, 0.05) is 38.3 Å². The van der Waals surface area contributed by atoms with Crippen molar-refractivity contribution in [2.24, 2.45) is 11.1 Å². The number of aromatic nitrogens is 1. The van der Waals surface area contributed by atoms with Gasteiger partial charge in [0.2, 0.25) is 0 Å². The first-order valence-electron chi connectivity index (χ1n) is 11.9. The summed E-state index contributed by atoms with van der Waals surface area (Å²) in [5.41, 5.74) is -1.75. The van der Waals surface area contributed by atoms with Gasteiger partial charge >= 0.3 is 6.18 Å². The van der Waals surface area contributed by atoms with Crippen LogP contribution in [0.2, 0.25) is 0 Å². The van der Waals surface area contributed by atoms with Crippen LogP contribution in [-0.2, 0) is 11.0 Å². The van der Waals surface area contributed by atoms with Crippen LogP contribution in [0, 0.1) is 16.0 Å². The molecule has 2 aliphatic rings. The molecule has 36 heavy (non-hydrogen) atoms. The van der Waals surface area contributed by atoms with E-state index in [4.69, 9.17) is 4.84 Å². The highest BCUT2D eigenvalue weighted by Crippen LogP contribution is 2.38. The fourth-order valence-corrected chi connectivity index (χ4v) is 5.89. The van der Waals surface area contributed by atoms with Crippen LogP contribution in [0.4, 0.5) is 24.0 Å². The van der Waals surface area contributed by atoms with Crippen molar-refractivity contribution in [3.63, 3.8) is 0 Å². The first kappa shape index (κ1) is 26.3. The van der Waals surface area contributed by atoms with E-state index in [0.29, 0.717) is 37.7 Å². The summed E-state index contributed by atoms with van der Waals surface area (Å²) < 4.78 is 39.5. The molecule has 0 spiro atoms. The summed E-state index contributed by atoms with van der Waals surface area (Å²) in [5, 5.41) is 15.6. The molecule has 13 heteroatoms. The predicted octanol–water partition coefficient (Wildman–Crippen LogP) is 4.68.